The van der Waals surface area contributed by atoms with Crippen molar-refractivity contribution in [3.05, 3.63) is 35.9 Å². The van der Waals surface area contributed by atoms with Gasteiger partial charge in [0.1, 0.15) is 10.8 Å². The summed E-state index contributed by atoms with van der Waals surface area (Å²) in [4.78, 5) is 11.5. The summed E-state index contributed by atoms with van der Waals surface area (Å²) in [5.74, 6) is -0.656. The third kappa shape index (κ3) is 5.60. The number of hydrogen-bond acceptors (Lipinski definition) is 2. The van der Waals surface area contributed by atoms with Gasteiger partial charge in [0.2, 0.25) is 0 Å². The molecule has 2 unspecified atom stereocenters. The molecule has 1 rings (SSSR count). The monoisotopic (exact) mass is 308 g/mol. The Morgan fingerprint density at radius 2 is 1.90 bits per heavy atom. The van der Waals surface area contributed by atoms with Crippen molar-refractivity contribution in [3.63, 3.8) is 0 Å². The summed E-state index contributed by atoms with van der Waals surface area (Å²) in [7, 11) is -2.94. The van der Waals surface area contributed by atoms with E-state index in [-0.39, 0.29) is 12.6 Å². The fourth-order valence-corrected chi connectivity index (χ4v) is 1.96. The Morgan fingerprint density at radius 1 is 1.30 bits per heavy atom. The number of rotatable bonds is 5. The molecule has 0 aromatic heterocycles. The number of hydrogen-bond donors (Lipinski definition) is 2. The summed E-state index contributed by atoms with van der Waals surface area (Å²) < 4.78 is 46.6. The summed E-state index contributed by atoms with van der Waals surface area (Å²) in [6, 6.07) is 8.25. The van der Waals surface area contributed by atoms with Gasteiger partial charge >= 0.3 is 11.5 Å². The topological polar surface area (TPSA) is 58.2 Å². The second kappa shape index (κ2) is 7.28. The molecule has 0 spiro atoms. The van der Waals surface area contributed by atoms with Crippen molar-refractivity contribution < 1.29 is 22.2 Å². The van der Waals surface area contributed by atoms with Crippen LogP contribution in [-0.4, -0.2) is 28.0 Å². The summed E-state index contributed by atoms with van der Waals surface area (Å²) in [5.41, 5.74) is -3.86. The molecule has 112 valence electrons. The Labute approximate surface area is 117 Å². The molecule has 1 aromatic carbocycles. The van der Waals surface area contributed by atoms with E-state index in [1.165, 1.54) is 0 Å². The highest BCUT2D eigenvalue weighted by atomic mass is 32.2. The van der Waals surface area contributed by atoms with Crippen LogP contribution >= 0.6 is 0 Å². The highest BCUT2D eigenvalue weighted by Crippen LogP contribution is 2.19. The largest absolute Gasteiger partial charge is 0.471 e. The Kier molecular flexibility index (Phi) is 6.00. The number of urea groups is 1. The zero-order valence-electron chi connectivity index (χ0n) is 10.7. The summed E-state index contributed by atoms with van der Waals surface area (Å²) in [6.07, 6.45) is 0. The third-order valence-corrected chi connectivity index (χ3v) is 3.57. The van der Waals surface area contributed by atoms with Gasteiger partial charge in [-0.05, 0) is 12.5 Å². The van der Waals surface area contributed by atoms with Crippen LogP contribution in [0.4, 0.5) is 18.0 Å². The molecule has 2 atom stereocenters. The molecule has 8 heteroatoms. The highest BCUT2D eigenvalue weighted by Gasteiger charge is 2.36. The first-order valence-electron chi connectivity index (χ1n) is 5.85. The minimum atomic E-state index is -4.74. The normalized spacial score (nSPS) is 14.4. The molecule has 20 heavy (non-hydrogen) atoms. The Balaban J connectivity index is 2.33. The zero-order valence-corrected chi connectivity index (χ0v) is 11.6. The maximum atomic E-state index is 12.0. The fraction of sp³-hybridized carbons (Fsp3) is 0.417. The maximum absolute atomic E-state index is 12.0. The molecular weight excluding hydrogens is 293 g/mol. The van der Waals surface area contributed by atoms with E-state index in [2.05, 4.69) is 10.6 Å². The van der Waals surface area contributed by atoms with Gasteiger partial charge in [-0.3, -0.25) is 4.21 Å². The molecule has 0 fully saturated rings. The predicted molar refractivity (Wildman–Crippen MR) is 70.5 cm³/mol. The Bertz CT molecular complexity index is 466. The number of carbonyl (C=O) groups is 1. The van der Waals surface area contributed by atoms with Crippen LogP contribution in [0.2, 0.25) is 0 Å². The summed E-state index contributed by atoms with van der Waals surface area (Å²) in [6.45, 7) is 1.45. The number of halogens is 3. The van der Waals surface area contributed by atoms with Crippen molar-refractivity contribution in [1.29, 1.82) is 0 Å². The van der Waals surface area contributed by atoms with Crippen LogP contribution in [0.15, 0.2) is 30.3 Å². The number of amides is 2. The van der Waals surface area contributed by atoms with Gasteiger partial charge in [-0.25, -0.2) is 4.79 Å². The van der Waals surface area contributed by atoms with Crippen molar-refractivity contribution in [2.45, 2.75) is 18.5 Å². The van der Waals surface area contributed by atoms with Crippen LogP contribution in [0, 0.1) is 0 Å². The van der Waals surface area contributed by atoms with Gasteiger partial charge in [0, 0.05) is 12.3 Å². The molecule has 0 aliphatic heterocycles. The van der Waals surface area contributed by atoms with Gasteiger partial charge in [-0.2, -0.15) is 13.2 Å². The summed E-state index contributed by atoms with van der Waals surface area (Å²) in [5, 5.41) is 4.82. The third-order valence-electron chi connectivity index (χ3n) is 2.48. The Morgan fingerprint density at radius 3 is 2.45 bits per heavy atom. The molecule has 0 saturated heterocycles. The molecular formula is C12H15F3N2O2S. The molecule has 2 amide bonds. The first kappa shape index (κ1) is 16.5. The Hall–Kier alpha value is -1.57. The van der Waals surface area contributed by atoms with Crippen LogP contribution in [0.25, 0.3) is 0 Å². The van der Waals surface area contributed by atoms with E-state index in [0.717, 1.165) is 5.56 Å². The SMILES string of the molecule is CC(NC(=O)NCCS(=O)C(F)(F)F)c1ccccc1. The molecule has 0 saturated carbocycles. The molecule has 0 bridgehead atoms. The number of nitrogens with one attached hydrogen (secondary N) is 2. The van der Waals surface area contributed by atoms with Gasteiger partial charge in [-0.1, -0.05) is 30.3 Å². The van der Waals surface area contributed by atoms with Crippen molar-refractivity contribution in [2.24, 2.45) is 0 Å². The van der Waals surface area contributed by atoms with Crippen molar-refractivity contribution in [3.8, 4) is 0 Å². The molecule has 0 radical (unpaired) electrons. The quantitative estimate of drug-likeness (QED) is 0.877. The van der Waals surface area contributed by atoms with E-state index >= 15 is 0 Å². The lowest BCUT2D eigenvalue weighted by molar-refractivity contribution is -0.0384. The molecule has 0 aliphatic carbocycles. The average Bonchev–Trinajstić information content (AvgIpc) is 2.38. The van der Waals surface area contributed by atoms with E-state index in [1.54, 1.807) is 6.92 Å². The minimum Gasteiger partial charge on any atom is -0.337 e. The van der Waals surface area contributed by atoms with Crippen molar-refractivity contribution in [2.75, 3.05) is 12.3 Å². The van der Waals surface area contributed by atoms with Gasteiger partial charge in [0.15, 0.2) is 0 Å². The lowest BCUT2D eigenvalue weighted by atomic mass is 10.1. The number of carbonyl (C=O) groups excluding carboxylic acids is 1. The molecule has 1 aromatic rings. The fourth-order valence-electron chi connectivity index (χ4n) is 1.45. The average molecular weight is 308 g/mol. The highest BCUT2D eigenvalue weighted by molar-refractivity contribution is 7.85. The van der Waals surface area contributed by atoms with Crippen LogP contribution in [0.5, 0.6) is 0 Å². The van der Waals surface area contributed by atoms with Crippen molar-refractivity contribution >= 4 is 16.8 Å². The number of benzene rings is 1. The van der Waals surface area contributed by atoms with Crippen LogP contribution < -0.4 is 10.6 Å². The maximum Gasteiger partial charge on any atom is 0.471 e. The van der Waals surface area contributed by atoms with E-state index in [9.17, 15) is 22.2 Å². The van der Waals surface area contributed by atoms with Crippen molar-refractivity contribution in [1.82, 2.24) is 10.6 Å². The van der Waals surface area contributed by atoms with Crippen LogP contribution in [-0.2, 0) is 10.8 Å². The molecule has 2 N–H and O–H groups in total. The van der Waals surface area contributed by atoms with E-state index in [4.69, 9.17) is 0 Å². The number of alkyl halides is 3. The van der Waals surface area contributed by atoms with Gasteiger partial charge in [0.05, 0.1) is 6.04 Å². The zero-order chi connectivity index (χ0) is 15.2. The second-order valence-electron chi connectivity index (χ2n) is 4.03. The first-order valence-corrected chi connectivity index (χ1v) is 7.17. The van der Waals surface area contributed by atoms with Crippen LogP contribution in [0.1, 0.15) is 18.5 Å². The molecule has 0 heterocycles. The minimum absolute atomic E-state index is 0.274. The first-order chi connectivity index (χ1) is 9.30. The second-order valence-corrected chi connectivity index (χ2v) is 5.59. The van der Waals surface area contributed by atoms with Gasteiger partial charge in [0.25, 0.3) is 0 Å². The summed E-state index contributed by atoms with van der Waals surface area (Å²) >= 11 is 0. The molecule has 4 nitrogen and oxygen atoms in total. The smallest absolute Gasteiger partial charge is 0.337 e. The lowest BCUT2D eigenvalue weighted by Gasteiger charge is -2.15. The van der Waals surface area contributed by atoms with Gasteiger partial charge in [-0.15, -0.1) is 0 Å². The van der Waals surface area contributed by atoms with E-state index < -0.39 is 28.1 Å². The predicted octanol–water partition coefficient (Wildman–Crippen LogP) is 2.32. The molecule has 0 aliphatic rings. The lowest BCUT2D eigenvalue weighted by Crippen LogP contribution is -2.39. The van der Waals surface area contributed by atoms with E-state index in [0.29, 0.717) is 0 Å². The van der Waals surface area contributed by atoms with Crippen LogP contribution in [0.3, 0.4) is 0 Å². The standard InChI is InChI=1S/C12H15F3N2O2S/c1-9(10-5-3-2-4-6-10)17-11(18)16-7-8-20(19)12(13,14)15/h2-6,9H,7-8H2,1H3,(H2,16,17,18). The van der Waals surface area contributed by atoms with E-state index in [1.807, 2.05) is 30.3 Å². The van der Waals surface area contributed by atoms with Gasteiger partial charge < -0.3 is 10.6 Å².